The van der Waals surface area contributed by atoms with Crippen LogP contribution in [0.15, 0.2) is 42.5 Å². The molecule has 1 saturated carbocycles. The maximum atomic E-state index is 13.5. The first-order valence-corrected chi connectivity index (χ1v) is 11.6. The van der Waals surface area contributed by atoms with E-state index in [1.807, 2.05) is 42.5 Å². The Balaban J connectivity index is 1.52. The van der Waals surface area contributed by atoms with Crippen molar-refractivity contribution >= 4 is 28.7 Å². The van der Waals surface area contributed by atoms with E-state index in [1.165, 1.54) is 0 Å². The zero-order valence-corrected chi connectivity index (χ0v) is 19.1. The van der Waals surface area contributed by atoms with Crippen LogP contribution in [-0.4, -0.2) is 33.2 Å². The summed E-state index contributed by atoms with van der Waals surface area (Å²) >= 11 is 0. The van der Waals surface area contributed by atoms with Crippen LogP contribution in [0.2, 0.25) is 0 Å². The molecule has 3 N–H and O–H groups in total. The fourth-order valence-electron chi connectivity index (χ4n) is 4.88. The highest BCUT2D eigenvalue weighted by molar-refractivity contribution is 6.05. The van der Waals surface area contributed by atoms with E-state index < -0.39 is 5.41 Å². The van der Waals surface area contributed by atoms with Gasteiger partial charge >= 0.3 is 0 Å². The number of fused-ring (bicyclic) bond motifs is 2. The van der Waals surface area contributed by atoms with Crippen molar-refractivity contribution in [2.24, 2.45) is 5.92 Å². The lowest BCUT2D eigenvalue weighted by atomic mass is 9.63. The second-order valence-corrected chi connectivity index (χ2v) is 9.63. The Morgan fingerprint density at radius 2 is 1.79 bits per heavy atom. The average molecular weight is 444 g/mol. The summed E-state index contributed by atoms with van der Waals surface area (Å²) in [5.74, 6) is 0.339. The fraction of sp³-hybridized carbons (Fsp3) is 0.385. The average Bonchev–Trinajstić information content (AvgIpc) is 3.20. The molecule has 7 nitrogen and oxygen atoms in total. The van der Waals surface area contributed by atoms with Crippen LogP contribution < -0.4 is 11.1 Å². The van der Waals surface area contributed by atoms with Crippen molar-refractivity contribution in [1.82, 2.24) is 20.2 Å². The van der Waals surface area contributed by atoms with Gasteiger partial charge in [-0.15, -0.1) is 0 Å². The van der Waals surface area contributed by atoms with E-state index in [4.69, 9.17) is 5.73 Å². The molecule has 1 aromatic heterocycles. The van der Waals surface area contributed by atoms with Gasteiger partial charge in [-0.05, 0) is 47.6 Å². The van der Waals surface area contributed by atoms with Gasteiger partial charge < -0.3 is 16.0 Å². The molecule has 0 atom stereocenters. The summed E-state index contributed by atoms with van der Waals surface area (Å²) < 4.78 is 0. The van der Waals surface area contributed by atoms with Crippen molar-refractivity contribution in [2.45, 2.75) is 51.6 Å². The number of hydrogen-bond acceptors (Lipinski definition) is 5. The Kier molecular flexibility index (Phi) is 5.27. The molecule has 7 heteroatoms. The van der Waals surface area contributed by atoms with E-state index in [0.717, 1.165) is 36.0 Å². The zero-order chi connectivity index (χ0) is 23.2. The highest BCUT2D eigenvalue weighted by atomic mass is 16.2. The van der Waals surface area contributed by atoms with Gasteiger partial charge in [-0.2, -0.15) is 0 Å². The molecule has 2 amide bonds. The first-order chi connectivity index (χ1) is 15.9. The maximum Gasteiger partial charge on any atom is 0.273 e. The number of carbonyl (C=O) groups excluding carboxylic acids is 2. The van der Waals surface area contributed by atoms with Crippen molar-refractivity contribution in [2.75, 3.05) is 12.3 Å². The van der Waals surface area contributed by atoms with Crippen molar-refractivity contribution in [3.8, 4) is 0 Å². The Morgan fingerprint density at radius 1 is 1.09 bits per heavy atom. The molecular formula is C26H29N5O2. The largest absolute Gasteiger partial charge is 0.368 e. The maximum absolute atomic E-state index is 13.5. The van der Waals surface area contributed by atoms with Gasteiger partial charge in [0.2, 0.25) is 11.9 Å². The molecule has 2 aromatic carbocycles. The fourth-order valence-corrected chi connectivity index (χ4v) is 4.88. The Labute approximate surface area is 193 Å². The molecule has 0 radical (unpaired) electrons. The van der Waals surface area contributed by atoms with Crippen LogP contribution >= 0.6 is 0 Å². The van der Waals surface area contributed by atoms with E-state index in [2.05, 4.69) is 29.1 Å². The van der Waals surface area contributed by atoms with Crippen LogP contribution in [0.25, 0.3) is 10.9 Å². The molecule has 3 aromatic rings. The monoisotopic (exact) mass is 443 g/mol. The highest BCUT2D eigenvalue weighted by Gasteiger charge is 2.45. The van der Waals surface area contributed by atoms with Crippen molar-refractivity contribution in [3.63, 3.8) is 0 Å². The number of rotatable bonds is 5. The number of aromatic nitrogens is 2. The number of nitrogens with two attached hydrogens (primary N) is 1. The van der Waals surface area contributed by atoms with Crippen LogP contribution in [0.1, 0.15) is 60.3 Å². The third-order valence-corrected chi connectivity index (χ3v) is 6.91. The zero-order valence-electron chi connectivity index (χ0n) is 19.1. The lowest BCUT2D eigenvalue weighted by Gasteiger charge is -2.41. The lowest BCUT2D eigenvalue weighted by Crippen LogP contribution is -2.50. The number of hydrogen-bond donors (Lipinski definition) is 2. The summed E-state index contributed by atoms with van der Waals surface area (Å²) in [5.41, 5.74) is 9.52. The van der Waals surface area contributed by atoms with Gasteiger partial charge in [-0.25, -0.2) is 9.97 Å². The van der Waals surface area contributed by atoms with Crippen molar-refractivity contribution in [3.05, 3.63) is 64.8 Å². The number of carbonyl (C=O) groups is 2. The quantitative estimate of drug-likeness (QED) is 0.628. The standard InChI is InChI=1S/C26H29N5O2/c1-16(2)13-28-24(33)26(10-5-11-26)19-8-9-21-20(12-19)22(30-25(27)29-21)23(32)31-14-17-6-3-4-7-18(17)15-31/h3-4,6-9,12,16H,5,10-11,13-15H2,1-2H3,(H,28,33)(H2,27,29,30). The van der Waals surface area contributed by atoms with E-state index in [-0.39, 0.29) is 17.8 Å². The molecule has 33 heavy (non-hydrogen) atoms. The van der Waals surface area contributed by atoms with E-state index in [9.17, 15) is 9.59 Å². The molecular weight excluding hydrogens is 414 g/mol. The van der Waals surface area contributed by atoms with Crippen molar-refractivity contribution < 1.29 is 9.59 Å². The third kappa shape index (κ3) is 3.71. The number of amides is 2. The molecule has 2 heterocycles. The molecule has 170 valence electrons. The molecule has 0 spiro atoms. The van der Waals surface area contributed by atoms with Gasteiger partial charge in [0.15, 0.2) is 0 Å². The normalized spacial score (nSPS) is 16.5. The number of anilines is 1. The van der Waals surface area contributed by atoms with Gasteiger partial charge in [-0.3, -0.25) is 9.59 Å². The van der Waals surface area contributed by atoms with E-state index in [1.54, 1.807) is 4.90 Å². The predicted octanol–water partition coefficient (Wildman–Crippen LogP) is 3.56. The third-order valence-electron chi connectivity index (χ3n) is 6.91. The summed E-state index contributed by atoms with van der Waals surface area (Å²) in [6.07, 6.45) is 2.59. The van der Waals surface area contributed by atoms with Crippen LogP contribution in [-0.2, 0) is 23.3 Å². The molecule has 2 aliphatic rings. The number of nitrogens with zero attached hydrogens (tertiary/aromatic N) is 3. The molecule has 1 fully saturated rings. The van der Waals surface area contributed by atoms with E-state index >= 15 is 0 Å². The Bertz CT molecular complexity index is 1220. The van der Waals surface area contributed by atoms with Crippen LogP contribution in [0.5, 0.6) is 0 Å². The topological polar surface area (TPSA) is 101 Å². The van der Waals surface area contributed by atoms with Crippen LogP contribution in [0.4, 0.5) is 5.95 Å². The number of nitrogen functional groups attached to an aromatic ring is 1. The van der Waals surface area contributed by atoms with Crippen LogP contribution in [0.3, 0.4) is 0 Å². The molecule has 0 saturated heterocycles. The summed E-state index contributed by atoms with van der Waals surface area (Å²) in [5, 5.41) is 3.75. The van der Waals surface area contributed by atoms with Gasteiger partial charge in [0, 0.05) is 25.0 Å². The van der Waals surface area contributed by atoms with Gasteiger partial charge in [-0.1, -0.05) is 50.6 Å². The number of benzene rings is 2. The smallest absolute Gasteiger partial charge is 0.273 e. The van der Waals surface area contributed by atoms with Gasteiger partial charge in [0.1, 0.15) is 5.69 Å². The Morgan fingerprint density at radius 3 is 2.39 bits per heavy atom. The summed E-state index contributed by atoms with van der Waals surface area (Å²) in [6.45, 7) is 5.90. The minimum absolute atomic E-state index is 0.0565. The predicted molar refractivity (Wildman–Crippen MR) is 127 cm³/mol. The first-order valence-electron chi connectivity index (χ1n) is 11.6. The second-order valence-electron chi connectivity index (χ2n) is 9.63. The van der Waals surface area contributed by atoms with E-state index in [0.29, 0.717) is 42.1 Å². The number of nitrogens with one attached hydrogen (secondary N) is 1. The van der Waals surface area contributed by atoms with Gasteiger partial charge in [0.25, 0.3) is 5.91 Å². The SMILES string of the molecule is CC(C)CNC(=O)C1(c2ccc3nc(N)nc(C(=O)N4Cc5ccccc5C4)c3c2)CCC1. The molecule has 0 bridgehead atoms. The van der Waals surface area contributed by atoms with Crippen LogP contribution in [0, 0.1) is 5.92 Å². The molecule has 0 unspecified atom stereocenters. The summed E-state index contributed by atoms with van der Waals surface area (Å²) in [6, 6.07) is 13.8. The second kappa shape index (κ2) is 8.14. The molecule has 1 aliphatic carbocycles. The van der Waals surface area contributed by atoms with Crippen molar-refractivity contribution in [1.29, 1.82) is 0 Å². The lowest BCUT2D eigenvalue weighted by molar-refractivity contribution is -0.130. The molecule has 1 aliphatic heterocycles. The first kappa shape index (κ1) is 21.4. The Hall–Kier alpha value is -3.48. The van der Waals surface area contributed by atoms with Gasteiger partial charge in [0.05, 0.1) is 10.9 Å². The minimum atomic E-state index is -0.561. The summed E-state index contributed by atoms with van der Waals surface area (Å²) in [4.78, 5) is 37.2. The molecule has 5 rings (SSSR count). The highest BCUT2D eigenvalue weighted by Crippen LogP contribution is 2.45. The minimum Gasteiger partial charge on any atom is -0.368 e. The summed E-state index contributed by atoms with van der Waals surface area (Å²) in [7, 11) is 0.